The molecule has 1 N–H and O–H groups in total. The van der Waals surface area contributed by atoms with Gasteiger partial charge in [0.25, 0.3) is 5.91 Å². The van der Waals surface area contributed by atoms with Crippen molar-refractivity contribution >= 4 is 21.6 Å². The summed E-state index contributed by atoms with van der Waals surface area (Å²) in [6.07, 6.45) is 0. The average Bonchev–Trinajstić information content (AvgIpc) is 2.82. The Labute approximate surface area is 202 Å². The van der Waals surface area contributed by atoms with Gasteiger partial charge in [-0.15, -0.1) is 5.69 Å². The van der Waals surface area contributed by atoms with Crippen LogP contribution in [0.3, 0.4) is 0 Å². The molecule has 3 aromatic carbocycles. The lowest BCUT2D eigenvalue weighted by Gasteiger charge is -2.32. The maximum Gasteiger partial charge on any atom is 0.254 e. The molecule has 6 nitrogen and oxygen atoms in total. The minimum Gasteiger partial charge on any atom is -0.572 e. The molecule has 1 fully saturated rings. The van der Waals surface area contributed by atoms with E-state index in [1.54, 1.807) is 25.1 Å². The van der Waals surface area contributed by atoms with E-state index in [0.29, 0.717) is 29.9 Å². The molecular weight excluding hydrogens is 446 g/mol. The highest BCUT2D eigenvalue weighted by Gasteiger charge is 2.25. The first-order valence-electron chi connectivity index (χ1n) is 11.6. The highest BCUT2D eigenvalue weighted by Crippen LogP contribution is 2.33. The van der Waals surface area contributed by atoms with E-state index < -0.39 is 10.0 Å². The Hall–Kier alpha value is -3.16. The number of benzene rings is 3. The zero-order chi connectivity index (χ0) is 24.3. The number of sulfonamides is 1. The lowest BCUT2D eigenvalue weighted by molar-refractivity contribution is -0.917. The van der Waals surface area contributed by atoms with E-state index in [4.69, 9.17) is 0 Å². The fourth-order valence-corrected chi connectivity index (χ4v) is 5.68. The molecular formula is C27H31N3O3S. The number of nitrogens with zero attached hydrogens (tertiary/aromatic N) is 2. The van der Waals surface area contributed by atoms with Crippen LogP contribution in [0, 0.1) is 20.8 Å². The van der Waals surface area contributed by atoms with Crippen molar-refractivity contribution in [3.63, 3.8) is 0 Å². The third-order valence-electron chi connectivity index (χ3n) is 6.34. The highest BCUT2D eigenvalue weighted by atomic mass is 32.2. The summed E-state index contributed by atoms with van der Waals surface area (Å²) in [7, 11) is -3.96. The number of nitrogens with one attached hydrogen (secondary N) is 1. The molecule has 178 valence electrons. The number of carbonyl (C=O) groups excluding carboxylic acids is 1. The van der Waals surface area contributed by atoms with E-state index in [1.165, 1.54) is 16.5 Å². The van der Waals surface area contributed by atoms with Gasteiger partial charge in [-0.25, -0.2) is 8.42 Å². The Morgan fingerprint density at radius 2 is 1.62 bits per heavy atom. The van der Waals surface area contributed by atoms with Crippen LogP contribution in [0.25, 0.3) is 4.72 Å². The molecule has 0 unspecified atom stereocenters. The summed E-state index contributed by atoms with van der Waals surface area (Å²) in [6, 6.07) is 20.7. The van der Waals surface area contributed by atoms with Crippen LogP contribution in [0.2, 0.25) is 0 Å². The second-order valence-corrected chi connectivity index (χ2v) is 10.6. The molecule has 1 aliphatic heterocycles. The normalized spacial score (nSPS) is 14.7. The van der Waals surface area contributed by atoms with Crippen molar-refractivity contribution in [2.24, 2.45) is 0 Å². The third-order valence-corrected chi connectivity index (χ3v) is 7.77. The van der Waals surface area contributed by atoms with Gasteiger partial charge in [-0.1, -0.05) is 65.7 Å². The first-order valence-corrected chi connectivity index (χ1v) is 13.0. The van der Waals surface area contributed by atoms with E-state index in [9.17, 15) is 13.2 Å². The number of carbonyl (C=O) groups is 1. The zero-order valence-corrected chi connectivity index (χ0v) is 20.7. The molecule has 1 aliphatic rings. The lowest BCUT2D eigenvalue weighted by atomic mass is 10.1. The number of hydrogen-bond donors (Lipinski definition) is 1. The van der Waals surface area contributed by atoms with Crippen LogP contribution in [-0.4, -0.2) is 45.4 Å². The maximum absolute atomic E-state index is 13.2. The van der Waals surface area contributed by atoms with Gasteiger partial charge >= 0.3 is 0 Å². The zero-order valence-electron chi connectivity index (χ0n) is 19.9. The molecule has 0 atom stereocenters. The van der Waals surface area contributed by atoms with E-state index in [0.717, 1.165) is 30.8 Å². The predicted molar refractivity (Wildman–Crippen MR) is 134 cm³/mol. The monoisotopic (exact) mass is 477 g/mol. The van der Waals surface area contributed by atoms with Gasteiger partial charge in [-0.05, 0) is 38.5 Å². The molecule has 1 saturated heterocycles. The number of quaternary nitrogens is 1. The van der Waals surface area contributed by atoms with Crippen molar-refractivity contribution in [1.82, 2.24) is 4.90 Å². The summed E-state index contributed by atoms with van der Waals surface area (Å²) in [6.45, 7) is 9.47. The van der Waals surface area contributed by atoms with Gasteiger partial charge in [-0.2, -0.15) is 0 Å². The van der Waals surface area contributed by atoms with Crippen LogP contribution in [0.5, 0.6) is 0 Å². The fraction of sp³-hybridized carbons (Fsp3) is 0.296. The summed E-state index contributed by atoms with van der Waals surface area (Å²) in [5.74, 6) is -0.137. The van der Waals surface area contributed by atoms with Gasteiger partial charge in [0.05, 0.1) is 31.1 Å². The van der Waals surface area contributed by atoms with Crippen LogP contribution in [-0.2, 0) is 16.6 Å². The second kappa shape index (κ2) is 9.99. The molecule has 1 amide bonds. The summed E-state index contributed by atoms with van der Waals surface area (Å²) >= 11 is 0. The van der Waals surface area contributed by atoms with Crippen molar-refractivity contribution in [2.45, 2.75) is 32.2 Å². The van der Waals surface area contributed by atoms with Gasteiger partial charge in [-0.3, -0.25) is 4.79 Å². The summed E-state index contributed by atoms with van der Waals surface area (Å²) in [5, 5.41) is 0. The topological polar surface area (TPSA) is 73.0 Å². The smallest absolute Gasteiger partial charge is 0.254 e. The van der Waals surface area contributed by atoms with Crippen molar-refractivity contribution < 1.29 is 18.1 Å². The molecule has 0 aromatic heterocycles. The molecule has 3 aromatic rings. The summed E-state index contributed by atoms with van der Waals surface area (Å²) in [5.41, 5.74) is 4.50. The first kappa shape index (κ1) is 24.0. The van der Waals surface area contributed by atoms with Crippen molar-refractivity contribution in [2.75, 3.05) is 26.2 Å². The highest BCUT2D eigenvalue weighted by molar-refractivity contribution is 7.94. The number of piperazine rings is 1. The van der Waals surface area contributed by atoms with E-state index in [-0.39, 0.29) is 10.8 Å². The number of hydrogen-bond acceptors (Lipinski definition) is 3. The SMILES string of the molecule is Cc1ccc([N-]S(=O)(=O)c2cc(C(=O)N3CC[NH+](Cc4ccccc4)CC3)ccc2C)c(C)c1. The van der Waals surface area contributed by atoms with Crippen molar-refractivity contribution in [1.29, 1.82) is 0 Å². The van der Waals surface area contributed by atoms with Gasteiger partial charge in [0.15, 0.2) is 0 Å². The Balaban J connectivity index is 1.46. The number of amides is 1. The Morgan fingerprint density at radius 1 is 0.912 bits per heavy atom. The van der Waals surface area contributed by atoms with Crippen LogP contribution >= 0.6 is 0 Å². The second-order valence-electron chi connectivity index (χ2n) is 9.04. The standard InChI is InChI=1S/C27H30N3O3S/c1-20-9-12-25(22(3)17-20)28-34(32,33)26-18-24(11-10-21(26)2)27(31)30-15-13-29(14-16-30)19-23-7-5-4-6-8-23/h4-12,17-18H,13-16,19H2,1-3H3/q-1/p+1. The van der Waals surface area contributed by atoms with Crippen LogP contribution in [0.1, 0.15) is 32.6 Å². The maximum atomic E-state index is 13.2. The van der Waals surface area contributed by atoms with E-state index >= 15 is 0 Å². The number of aryl methyl sites for hydroxylation is 3. The van der Waals surface area contributed by atoms with Crippen LogP contribution < -0.4 is 4.90 Å². The van der Waals surface area contributed by atoms with Crippen LogP contribution in [0.4, 0.5) is 5.69 Å². The molecule has 34 heavy (non-hydrogen) atoms. The Morgan fingerprint density at radius 3 is 2.29 bits per heavy atom. The van der Waals surface area contributed by atoms with Gasteiger partial charge in [0.1, 0.15) is 16.6 Å². The molecule has 7 heteroatoms. The number of rotatable bonds is 6. The lowest BCUT2D eigenvalue weighted by Crippen LogP contribution is -3.13. The van der Waals surface area contributed by atoms with Crippen molar-refractivity contribution in [3.8, 4) is 0 Å². The molecule has 0 saturated carbocycles. The van der Waals surface area contributed by atoms with Gasteiger partial charge < -0.3 is 14.5 Å². The van der Waals surface area contributed by atoms with Gasteiger partial charge in [0.2, 0.25) is 0 Å². The molecule has 0 spiro atoms. The minimum absolute atomic E-state index is 0.0756. The Bertz CT molecular complexity index is 1280. The predicted octanol–water partition coefficient (Wildman–Crippen LogP) is 3.55. The van der Waals surface area contributed by atoms with Crippen molar-refractivity contribution in [3.05, 3.63) is 99.3 Å². The van der Waals surface area contributed by atoms with Crippen LogP contribution in [0.15, 0.2) is 71.6 Å². The fourth-order valence-electron chi connectivity index (χ4n) is 4.37. The molecule has 0 bridgehead atoms. The quantitative estimate of drug-likeness (QED) is 0.590. The molecule has 4 rings (SSSR count). The third kappa shape index (κ3) is 5.48. The first-order chi connectivity index (χ1) is 16.2. The Kier molecular flexibility index (Phi) is 7.05. The molecule has 1 heterocycles. The molecule has 0 aliphatic carbocycles. The minimum atomic E-state index is -3.96. The summed E-state index contributed by atoms with van der Waals surface area (Å²) in [4.78, 5) is 16.5. The average molecular weight is 478 g/mol. The largest absolute Gasteiger partial charge is 0.572 e. The van der Waals surface area contributed by atoms with E-state index in [2.05, 4.69) is 16.9 Å². The van der Waals surface area contributed by atoms with Gasteiger partial charge in [0, 0.05) is 11.1 Å². The summed E-state index contributed by atoms with van der Waals surface area (Å²) < 4.78 is 30.3. The van der Waals surface area contributed by atoms with E-state index in [1.807, 2.05) is 49.1 Å². The molecule has 0 radical (unpaired) electrons.